The molecule has 90 valence electrons. The third-order valence-corrected chi connectivity index (χ3v) is 2.61. The fraction of sp³-hybridized carbons (Fsp3) is 0.455. The van der Waals surface area contributed by atoms with E-state index in [0.29, 0.717) is 23.5 Å². The lowest BCUT2D eigenvalue weighted by atomic mass is 10.1. The monoisotopic (exact) mass is 247 g/mol. The standard InChI is InChI=1S/C11H15ClFNO2/c1-7-9(13)3-4-10(11(7)16-2)14-6-8(15)5-12/h3-4,8,14-15H,5-6H2,1-2H3. The molecule has 0 fully saturated rings. The molecule has 0 aliphatic heterocycles. The van der Waals surface area contributed by atoms with E-state index in [1.807, 2.05) is 0 Å². The lowest BCUT2D eigenvalue weighted by molar-refractivity contribution is 0.211. The van der Waals surface area contributed by atoms with Gasteiger partial charge in [-0.2, -0.15) is 0 Å². The molecule has 0 aromatic heterocycles. The maximum atomic E-state index is 13.2. The van der Waals surface area contributed by atoms with E-state index in [2.05, 4.69) is 5.32 Å². The van der Waals surface area contributed by atoms with Crippen LogP contribution in [0.3, 0.4) is 0 Å². The van der Waals surface area contributed by atoms with Gasteiger partial charge in [0.05, 0.1) is 24.8 Å². The van der Waals surface area contributed by atoms with E-state index < -0.39 is 6.10 Å². The summed E-state index contributed by atoms with van der Waals surface area (Å²) in [7, 11) is 1.48. The molecule has 1 aromatic rings. The minimum atomic E-state index is -0.642. The van der Waals surface area contributed by atoms with E-state index in [9.17, 15) is 9.50 Å². The number of aliphatic hydroxyl groups is 1. The van der Waals surface area contributed by atoms with Gasteiger partial charge in [0.25, 0.3) is 0 Å². The summed E-state index contributed by atoms with van der Waals surface area (Å²) in [5.74, 6) is 0.275. The molecule has 0 heterocycles. The number of ether oxygens (including phenoxy) is 1. The number of alkyl halides is 1. The van der Waals surface area contributed by atoms with Gasteiger partial charge in [-0.3, -0.25) is 0 Å². The smallest absolute Gasteiger partial charge is 0.147 e. The molecular formula is C11H15ClFNO2. The average molecular weight is 248 g/mol. The third kappa shape index (κ3) is 3.00. The number of nitrogens with one attached hydrogen (secondary N) is 1. The van der Waals surface area contributed by atoms with Crippen LogP contribution in [0.25, 0.3) is 0 Å². The molecule has 1 atom stereocenters. The summed E-state index contributed by atoms with van der Waals surface area (Å²) < 4.78 is 18.3. The summed E-state index contributed by atoms with van der Waals surface area (Å²) in [6.07, 6.45) is -0.642. The van der Waals surface area contributed by atoms with Crippen molar-refractivity contribution in [3.8, 4) is 5.75 Å². The Morgan fingerprint density at radius 1 is 1.56 bits per heavy atom. The lowest BCUT2D eigenvalue weighted by Crippen LogP contribution is -2.21. The highest BCUT2D eigenvalue weighted by Crippen LogP contribution is 2.29. The van der Waals surface area contributed by atoms with E-state index in [-0.39, 0.29) is 11.7 Å². The number of rotatable bonds is 5. The zero-order chi connectivity index (χ0) is 12.1. The molecule has 1 rings (SSSR count). The van der Waals surface area contributed by atoms with Crippen molar-refractivity contribution in [2.45, 2.75) is 13.0 Å². The highest BCUT2D eigenvalue weighted by molar-refractivity contribution is 6.18. The van der Waals surface area contributed by atoms with Crippen LogP contribution in [0.2, 0.25) is 0 Å². The Hall–Kier alpha value is -1.00. The van der Waals surface area contributed by atoms with Crippen molar-refractivity contribution in [2.75, 3.05) is 24.9 Å². The number of benzene rings is 1. The van der Waals surface area contributed by atoms with Crippen molar-refractivity contribution in [3.63, 3.8) is 0 Å². The predicted octanol–water partition coefficient (Wildman–Crippen LogP) is 2.15. The second-order valence-corrected chi connectivity index (χ2v) is 3.75. The maximum Gasteiger partial charge on any atom is 0.147 e. The Morgan fingerprint density at radius 3 is 2.81 bits per heavy atom. The van der Waals surface area contributed by atoms with Gasteiger partial charge in [-0.05, 0) is 19.1 Å². The molecule has 0 bridgehead atoms. The molecule has 0 saturated heterocycles. The first-order chi connectivity index (χ1) is 7.60. The topological polar surface area (TPSA) is 41.5 Å². The number of hydrogen-bond donors (Lipinski definition) is 2. The molecular weight excluding hydrogens is 233 g/mol. The quantitative estimate of drug-likeness (QED) is 0.784. The normalized spacial score (nSPS) is 12.3. The Morgan fingerprint density at radius 2 is 2.25 bits per heavy atom. The van der Waals surface area contributed by atoms with Crippen LogP contribution in [-0.4, -0.2) is 30.7 Å². The van der Waals surface area contributed by atoms with Crippen molar-refractivity contribution < 1.29 is 14.2 Å². The SMILES string of the molecule is COc1c(NCC(O)CCl)ccc(F)c1C. The van der Waals surface area contributed by atoms with E-state index in [4.69, 9.17) is 16.3 Å². The summed E-state index contributed by atoms with van der Waals surface area (Å²) in [6, 6.07) is 2.93. The van der Waals surface area contributed by atoms with Crippen molar-refractivity contribution >= 4 is 17.3 Å². The fourth-order valence-electron chi connectivity index (χ4n) is 1.35. The highest BCUT2D eigenvalue weighted by Gasteiger charge is 2.11. The van der Waals surface area contributed by atoms with Gasteiger partial charge in [0.15, 0.2) is 0 Å². The number of halogens is 2. The van der Waals surface area contributed by atoms with Crippen molar-refractivity contribution in [2.24, 2.45) is 0 Å². The molecule has 1 unspecified atom stereocenters. The van der Waals surface area contributed by atoms with Gasteiger partial charge >= 0.3 is 0 Å². The minimum absolute atomic E-state index is 0.148. The van der Waals surface area contributed by atoms with Gasteiger partial charge in [-0.15, -0.1) is 11.6 Å². The number of methoxy groups -OCH3 is 1. The fourth-order valence-corrected chi connectivity index (χ4v) is 1.46. The first-order valence-electron chi connectivity index (χ1n) is 4.91. The van der Waals surface area contributed by atoms with Crippen LogP contribution in [0, 0.1) is 12.7 Å². The van der Waals surface area contributed by atoms with Gasteiger partial charge in [-0.1, -0.05) is 0 Å². The Balaban J connectivity index is 2.84. The first-order valence-corrected chi connectivity index (χ1v) is 5.44. The molecule has 0 spiro atoms. The molecule has 2 N–H and O–H groups in total. The Bertz CT molecular complexity index is 360. The number of hydrogen-bond acceptors (Lipinski definition) is 3. The van der Waals surface area contributed by atoms with Gasteiger partial charge < -0.3 is 15.2 Å². The van der Waals surface area contributed by atoms with Crippen molar-refractivity contribution in [3.05, 3.63) is 23.5 Å². The largest absolute Gasteiger partial charge is 0.494 e. The zero-order valence-corrected chi connectivity index (χ0v) is 10.0. The van der Waals surface area contributed by atoms with Crippen LogP contribution in [0.15, 0.2) is 12.1 Å². The summed E-state index contributed by atoms with van der Waals surface area (Å²) in [5, 5.41) is 12.3. The lowest BCUT2D eigenvalue weighted by Gasteiger charge is -2.15. The van der Waals surface area contributed by atoms with E-state index in [1.54, 1.807) is 13.0 Å². The van der Waals surface area contributed by atoms with Gasteiger partial charge in [-0.25, -0.2) is 4.39 Å². The molecule has 0 aliphatic rings. The first kappa shape index (κ1) is 13.1. The van der Waals surface area contributed by atoms with Gasteiger partial charge in [0, 0.05) is 12.1 Å². The van der Waals surface area contributed by atoms with E-state index >= 15 is 0 Å². The molecule has 5 heteroatoms. The van der Waals surface area contributed by atoms with Crippen LogP contribution in [0.1, 0.15) is 5.56 Å². The van der Waals surface area contributed by atoms with Crippen LogP contribution < -0.4 is 10.1 Å². The molecule has 1 aromatic carbocycles. The van der Waals surface area contributed by atoms with Crippen molar-refractivity contribution in [1.29, 1.82) is 0 Å². The summed E-state index contributed by atoms with van der Waals surface area (Å²) >= 11 is 5.47. The van der Waals surface area contributed by atoms with Crippen LogP contribution in [0.5, 0.6) is 5.75 Å². The Labute approximate surface area is 99.2 Å². The summed E-state index contributed by atoms with van der Waals surface area (Å²) in [4.78, 5) is 0. The maximum absolute atomic E-state index is 13.2. The molecule has 0 amide bonds. The highest BCUT2D eigenvalue weighted by atomic mass is 35.5. The summed E-state index contributed by atoms with van der Waals surface area (Å²) in [5.41, 5.74) is 1.08. The second-order valence-electron chi connectivity index (χ2n) is 3.44. The second kappa shape index (κ2) is 5.92. The molecule has 3 nitrogen and oxygen atoms in total. The predicted molar refractivity (Wildman–Crippen MR) is 62.9 cm³/mol. The molecule has 0 saturated carbocycles. The van der Waals surface area contributed by atoms with Gasteiger partial charge in [0.2, 0.25) is 0 Å². The van der Waals surface area contributed by atoms with Crippen LogP contribution >= 0.6 is 11.6 Å². The third-order valence-electron chi connectivity index (χ3n) is 2.25. The minimum Gasteiger partial charge on any atom is -0.494 e. The number of anilines is 1. The zero-order valence-electron chi connectivity index (χ0n) is 9.26. The molecule has 0 aliphatic carbocycles. The molecule has 16 heavy (non-hydrogen) atoms. The molecule has 0 radical (unpaired) electrons. The summed E-state index contributed by atoms with van der Waals surface area (Å²) in [6.45, 7) is 1.93. The van der Waals surface area contributed by atoms with Crippen molar-refractivity contribution in [1.82, 2.24) is 0 Å². The average Bonchev–Trinajstić information content (AvgIpc) is 2.30. The van der Waals surface area contributed by atoms with E-state index in [1.165, 1.54) is 13.2 Å². The Kier molecular flexibility index (Phi) is 4.83. The van der Waals surface area contributed by atoms with E-state index in [0.717, 1.165) is 0 Å². The van der Waals surface area contributed by atoms with Crippen LogP contribution in [-0.2, 0) is 0 Å². The van der Waals surface area contributed by atoms with Gasteiger partial charge in [0.1, 0.15) is 11.6 Å². The van der Waals surface area contributed by atoms with Crippen LogP contribution in [0.4, 0.5) is 10.1 Å². The number of aliphatic hydroxyl groups excluding tert-OH is 1.